The van der Waals surface area contributed by atoms with E-state index in [4.69, 9.17) is 5.73 Å². The molecule has 2 heterocycles. The van der Waals surface area contributed by atoms with Gasteiger partial charge in [-0.2, -0.15) is 0 Å². The highest BCUT2D eigenvalue weighted by molar-refractivity contribution is 7.13. The Bertz CT molecular complexity index is 682. The highest BCUT2D eigenvalue weighted by Crippen LogP contribution is 2.27. The molecule has 0 saturated carbocycles. The zero-order valence-corrected chi connectivity index (χ0v) is 14.0. The molecule has 0 unspecified atom stereocenters. The van der Waals surface area contributed by atoms with E-state index in [1.165, 1.54) is 11.3 Å². The summed E-state index contributed by atoms with van der Waals surface area (Å²) in [5, 5.41) is 5.30. The first-order chi connectivity index (χ1) is 11.6. The first-order valence-corrected chi connectivity index (χ1v) is 8.82. The molecule has 1 aliphatic rings. The second-order valence-electron chi connectivity index (χ2n) is 5.85. The molecule has 7 heteroatoms. The minimum atomic E-state index is -0.436. The quantitative estimate of drug-likeness (QED) is 0.868. The lowest BCUT2D eigenvalue weighted by Gasteiger charge is -2.35. The lowest BCUT2D eigenvalue weighted by atomic mass is 9.93. The molecular weight excluding hydrogens is 324 g/mol. The van der Waals surface area contributed by atoms with Crippen LogP contribution in [0, 0.1) is 5.92 Å². The smallest absolute Gasteiger partial charge is 0.239 e. The number of nitrogens with two attached hydrogens (primary N) is 1. The molecule has 2 amide bonds. The maximum absolute atomic E-state index is 12.3. The van der Waals surface area contributed by atoms with Crippen LogP contribution in [0.25, 0.3) is 0 Å². The van der Waals surface area contributed by atoms with Gasteiger partial charge in [0, 0.05) is 17.5 Å². The molecule has 3 N–H and O–H groups in total. The molecule has 1 aliphatic heterocycles. The van der Waals surface area contributed by atoms with Crippen LogP contribution in [0.1, 0.15) is 24.4 Å². The number of primary amides is 1. The number of benzene rings is 1. The van der Waals surface area contributed by atoms with E-state index in [1.807, 2.05) is 35.7 Å². The molecule has 1 aromatic heterocycles. The third-order valence-corrected chi connectivity index (χ3v) is 5.00. The number of aromatic nitrogens is 1. The third-order valence-electron chi connectivity index (χ3n) is 4.31. The number of hydrogen-bond acceptors (Lipinski definition) is 5. The average molecular weight is 344 g/mol. The largest absolute Gasteiger partial charge is 0.368 e. The molecule has 126 valence electrons. The Kier molecular flexibility index (Phi) is 5.22. The molecule has 0 spiro atoms. The maximum Gasteiger partial charge on any atom is 0.239 e. The monoisotopic (exact) mass is 344 g/mol. The number of anilines is 1. The van der Waals surface area contributed by atoms with Crippen molar-refractivity contribution in [1.29, 1.82) is 0 Å². The fourth-order valence-corrected chi connectivity index (χ4v) is 3.63. The van der Waals surface area contributed by atoms with E-state index in [-0.39, 0.29) is 17.7 Å². The van der Waals surface area contributed by atoms with Crippen LogP contribution in [0.3, 0.4) is 0 Å². The van der Waals surface area contributed by atoms with Gasteiger partial charge in [-0.3, -0.25) is 14.5 Å². The van der Waals surface area contributed by atoms with Gasteiger partial charge >= 0.3 is 0 Å². The van der Waals surface area contributed by atoms with Crippen molar-refractivity contribution in [2.24, 2.45) is 11.7 Å². The van der Waals surface area contributed by atoms with Crippen molar-refractivity contribution in [3.8, 4) is 0 Å². The van der Waals surface area contributed by atoms with Crippen LogP contribution in [0.15, 0.2) is 41.9 Å². The lowest BCUT2D eigenvalue weighted by Crippen LogP contribution is -2.44. The molecule has 2 aromatic rings. The molecule has 0 radical (unpaired) electrons. The highest BCUT2D eigenvalue weighted by Gasteiger charge is 2.32. The molecule has 24 heavy (non-hydrogen) atoms. The van der Waals surface area contributed by atoms with Crippen molar-refractivity contribution in [2.45, 2.75) is 18.9 Å². The second kappa shape index (κ2) is 7.55. The Balaban J connectivity index is 1.61. The van der Waals surface area contributed by atoms with Gasteiger partial charge in [0.25, 0.3) is 0 Å². The molecule has 0 aliphatic carbocycles. The van der Waals surface area contributed by atoms with Crippen molar-refractivity contribution < 1.29 is 9.59 Å². The summed E-state index contributed by atoms with van der Waals surface area (Å²) >= 11 is 1.41. The molecule has 3 rings (SSSR count). The van der Waals surface area contributed by atoms with E-state index in [0.717, 1.165) is 5.56 Å². The van der Waals surface area contributed by atoms with E-state index in [1.54, 1.807) is 6.20 Å². The van der Waals surface area contributed by atoms with E-state index < -0.39 is 6.04 Å². The van der Waals surface area contributed by atoms with Crippen LogP contribution in [0.4, 0.5) is 5.13 Å². The summed E-state index contributed by atoms with van der Waals surface area (Å²) in [6, 6.07) is 9.11. The standard InChI is InChI=1S/C17H20N4O2S/c18-15(22)14(12-4-2-1-3-5-12)21-9-6-13(7-10-21)16(23)20-17-19-8-11-24-17/h1-5,8,11,13-14H,6-7,9-10H2,(H2,18,22)(H,19,20,23)/t14-/m0/s1. The normalized spacial score (nSPS) is 17.3. The highest BCUT2D eigenvalue weighted by atomic mass is 32.1. The zero-order valence-electron chi connectivity index (χ0n) is 13.2. The lowest BCUT2D eigenvalue weighted by molar-refractivity contribution is -0.125. The molecule has 1 saturated heterocycles. The summed E-state index contributed by atoms with van der Waals surface area (Å²) in [5.41, 5.74) is 6.52. The molecule has 0 bridgehead atoms. The number of hydrogen-bond donors (Lipinski definition) is 2. The van der Waals surface area contributed by atoms with Crippen molar-refractivity contribution in [3.05, 3.63) is 47.5 Å². The van der Waals surface area contributed by atoms with Gasteiger partial charge < -0.3 is 11.1 Å². The predicted molar refractivity (Wildman–Crippen MR) is 93.4 cm³/mol. The van der Waals surface area contributed by atoms with Gasteiger partial charge in [0.1, 0.15) is 6.04 Å². The van der Waals surface area contributed by atoms with Crippen LogP contribution < -0.4 is 11.1 Å². The number of amides is 2. The van der Waals surface area contributed by atoms with E-state index >= 15 is 0 Å². The van der Waals surface area contributed by atoms with Gasteiger partial charge in [-0.1, -0.05) is 30.3 Å². The molecule has 1 fully saturated rings. The number of rotatable bonds is 5. The number of nitrogens with one attached hydrogen (secondary N) is 1. The van der Waals surface area contributed by atoms with Gasteiger partial charge in [-0.25, -0.2) is 4.98 Å². The summed E-state index contributed by atoms with van der Waals surface area (Å²) in [4.78, 5) is 30.3. The summed E-state index contributed by atoms with van der Waals surface area (Å²) < 4.78 is 0. The first-order valence-electron chi connectivity index (χ1n) is 7.94. The van der Waals surface area contributed by atoms with Crippen molar-refractivity contribution in [3.63, 3.8) is 0 Å². The topological polar surface area (TPSA) is 88.3 Å². The van der Waals surface area contributed by atoms with Gasteiger partial charge in [0.15, 0.2) is 5.13 Å². The number of nitrogens with zero attached hydrogens (tertiary/aromatic N) is 2. The number of carbonyl (C=O) groups excluding carboxylic acids is 2. The van der Waals surface area contributed by atoms with Gasteiger partial charge in [0.05, 0.1) is 0 Å². The van der Waals surface area contributed by atoms with Crippen LogP contribution in [-0.2, 0) is 9.59 Å². The fourth-order valence-electron chi connectivity index (χ4n) is 3.10. The Labute approximate surface area is 144 Å². The van der Waals surface area contributed by atoms with Crippen LogP contribution >= 0.6 is 11.3 Å². The maximum atomic E-state index is 12.3. The summed E-state index contributed by atoms with van der Waals surface area (Å²) in [7, 11) is 0. The summed E-state index contributed by atoms with van der Waals surface area (Å²) in [5.74, 6) is -0.415. The molecular formula is C17H20N4O2S. The van der Waals surface area contributed by atoms with Gasteiger partial charge in [0.2, 0.25) is 11.8 Å². The summed E-state index contributed by atoms with van der Waals surface area (Å²) in [6.45, 7) is 1.33. The minimum Gasteiger partial charge on any atom is -0.368 e. The SMILES string of the molecule is NC(=O)[C@H](c1ccccc1)N1CCC(C(=O)Nc2nccs2)CC1. The van der Waals surface area contributed by atoms with Crippen molar-refractivity contribution >= 4 is 28.3 Å². The van der Waals surface area contributed by atoms with E-state index in [0.29, 0.717) is 31.1 Å². The fraction of sp³-hybridized carbons (Fsp3) is 0.353. The molecule has 6 nitrogen and oxygen atoms in total. The van der Waals surface area contributed by atoms with E-state index in [2.05, 4.69) is 15.2 Å². The van der Waals surface area contributed by atoms with Crippen LogP contribution in [-0.4, -0.2) is 34.8 Å². The van der Waals surface area contributed by atoms with Gasteiger partial charge in [-0.05, 0) is 31.5 Å². The van der Waals surface area contributed by atoms with E-state index in [9.17, 15) is 9.59 Å². The van der Waals surface area contributed by atoms with Crippen LogP contribution in [0.2, 0.25) is 0 Å². The molecule has 1 aromatic carbocycles. The Morgan fingerprint density at radius 3 is 2.54 bits per heavy atom. The predicted octanol–water partition coefficient (Wildman–Crippen LogP) is 2.02. The number of carbonyl (C=O) groups is 2. The van der Waals surface area contributed by atoms with Crippen molar-refractivity contribution in [1.82, 2.24) is 9.88 Å². The zero-order chi connectivity index (χ0) is 16.9. The third kappa shape index (κ3) is 3.80. The minimum absolute atomic E-state index is 0.0000592. The number of piperidine rings is 1. The Hall–Kier alpha value is -2.25. The Morgan fingerprint density at radius 2 is 1.96 bits per heavy atom. The first kappa shape index (κ1) is 16.6. The number of thiazole rings is 1. The Morgan fingerprint density at radius 1 is 1.25 bits per heavy atom. The second-order valence-corrected chi connectivity index (χ2v) is 6.75. The van der Waals surface area contributed by atoms with Gasteiger partial charge in [-0.15, -0.1) is 11.3 Å². The average Bonchev–Trinajstić information content (AvgIpc) is 3.09. The van der Waals surface area contributed by atoms with Crippen LogP contribution in [0.5, 0.6) is 0 Å². The summed E-state index contributed by atoms with van der Waals surface area (Å²) in [6.07, 6.45) is 3.07. The van der Waals surface area contributed by atoms with Crippen molar-refractivity contribution in [2.75, 3.05) is 18.4 Å². The number of likely N-dealkylation sites (tertiary alicyclic amines) is 1. The molecule has 1 atom stereocenters.